The summed E-state index contributed by atoms with van der Waals surface area (Å²) in [6, 6.07) is 0. The molecule has 3 rings (SSSR count). The van der Waals surface area contributed by atoms with E-state index < -0.39 is 11.4 Å². The summed E-state index contributed by atoms with van der Waals surface area (Å²) >= 11 is 0. The second-order valence-corrected chi connectivity index (χ2v) is 10.3. The lowest BCUT2D eigenvalue weighted by Gasteiger charge is -2.51. The van der Waals surface area contributed by atoms with E-state index in [2.05, 4.69) is 19.6 Å². The van der Waals surface area contributed by atoms with E-state index in [4.69, 9.17) is 14.2 Å². The van der Waals surface area contributed by atoms with Crippen LogP contribution in [0.25, 0.3) is 0 Å². The first-order valence-corrected chi connectivity index (χ1v) is 11.9. The Morgan fingerprint density at radius 2 is 2.03 bits per heavy atom. The molecule has 1 spiro atoms. The van der Waals surface area contributed by atoms with Gasteiger partial charge in [-0.15, -0.1) is 6.58 Å². The SMILES string of the molecule is C=C(C)CCC/C(C)=C/C1CC(C)(OC(C)=O)CC2(C=C(CO)C3CC(=O)C(C)=CC3O2)O1. The maximum atomic E-state index is 12.3. The van der Waals surface area contributed by atoms with Crippen molar-refractivity contribution in [1.29, 1.82) is 0 Å². The minimum absolute atomic E-state index is 0.0654. The molecule has 6 heteroatoms. The fourth-order valence-corrected chi connectivity index (χ4v) is 5.31. The van der Waals surface area contributed by atoms with Gasteiger partial charge in [0.1, 0.15) is 5.60 Å². The third-order valence-corrected chi connectivity index (χ3v) is 6.70. The number of carbonyl (C=O) groups is 2. The topological polar surface area (TPSA) is 82.1 Å². The zero-order chi connectivity index (χ0) is 24.4. The van der Waals surface area contributed by atoms with Gasteiger partial charge in [-0.3, -0.25) is 9.59 Å². The molecule has 2 heterocycles. The molecular formula is C27H38O6. The quantitative estimate of drug-likeness (QED) is 0.439. The fraction of sp³-hybridized carbons (Fsp3) is 0.630. The molecule has 6 nitrogen and oxygen atoms in total. The summed E-state index contributed by atoms with van der Waals surface area (Å²) in [4.78, 5) is 24.2. The number of rotatable bonds is 7. The molecule has 1 N–H and O–H groups in total. The summed E-state index contributed by atoms with van der Waals surface area (Å²) in [7, 11) is 0. The largest absolute Gasteiger partial charge is 0.459 e. The van der Waals surface area contributed by atoms with Crippen molar-refractivity contribution < 1.29 is 28.9 Å². The van der Waals surface area contributed by atoms with Gasteiger partial charge >= 0.3 is 5.97 Å². The molecule has 2 aliphatic heterocycles. The molecule has 0 saturated carbocycles. The number of esters is 1. The minimum atomic E-state index is -1.15. The van der Waals surface area contributed by atoms with Crippen molar-refractivity contribution in [1.82, 2.24) is 0 Å². The zero-order valence-electron chi connectivity index (χ0n) is 20.6. The van der Waals surface area contributed by atoms with Crippen molar-refractivity contribution in [2.45, 2.75) is 96.7 Å². The molecule has 0 amide bonds. The number of ether oxygens (including phenoxy) is 3. The third-order valence-electron chi connectivity index (χ3n) is 6.70. The van der Waals surface area contributed by atoms with Gasteiger partial charge in [-0.1, -0.05) is 17.2 Å². The maximum absolute atomic E-state index is 12.3. The van der Waals surface area contributed by atoms with E-state index in [1.165, 1.54) is 18.1 Å². The molecule has 5 atom stereocenters. The molecule has 182 valence electrons. The Balaban J connectivity index is 1.92. The van der Waals surface area contributed by atoms with Crippen LogP contribution in [0.4, 0.5) is 0 Å². The lowest BCUT2D eigenvalue weighted by molar-refractivity contribution is -0.297. The highest BCUT2D eigenvalue weighted by atomic mass is 16.7. The van der Waals surface area contributed by atoms with Gasteiger partial charge in [-0.2, -0.15) is 0 Å². The Morgan fingerprint density at radius 3 is 2.67 bits per heavy atom. The minimum Gasteiger partial charge on any atom is -0.459 e. The van der Waals surface area contributed by atoms with Crippen LogP contribution < -0.4 is 0 Å². The van der Waals surface area contributed by atoms with Crippen molar-refractivity contribution in [2.24, 2.45) is 5.92 Å². The van der Waals surface area contributed by atoms with Gasteiger partial charge in [-0.25, -0.2) is 0 Å². The van der Waals surface area contributed by atoms with Crippen LogP contribution in [0.2, 0.25) is 0 Å². The number of allylic oxidation sites excluding steroid dienone is 3. The lowest BCUT2D eigenvalue weighted by atomic mass is 9.77. The average Bonchev–Trinajstić information content (AvgIpc) is 2.66. The first kappa shape index (κ1) is 25.6. The van der Waals surface area contributed by atoms with Gasteiger partial charge in [0.15, 0.2) is 11.6 Å². The van der Waals surface area contributed by atoms with Gasteiger partial charge in [0.2, 0.25) is 0 Å². The van der Waals surface area contributed by atoms with E-state index >= 15 is 0 Å². The highest BCUT2D eigenvalue weighted by Crippen LogP contribution is 2.47. The molecule has 33 heavy (non-hydrogen) atoms. The first-order chi connectivity index (χ1) is 15.4. The van der Waals surface area contributed by atoms with E-state index in [0.717, 1.165) is 24.8 Å². The molecule has 1 saturated heterocycles. The Bertz CT molecular complexity index is 896. The predicted octanol–water partition coefficient (Wildman–Crippen LogP) is 4.73. The number of carbonyl (C=O) groups excluding carboxylic acids is 2. The first-order valence-electron chi connectivity index (χ1n) is 11.9. The van der Waals surface area contributed by atoms with E-state index in [9.17, 15) is 14.7 Å². The molecule has 0 radical (unpaired) electrons. The standard InChI is InChI=1S/C27H38O6/c1-17(2)8-7-9-18(3)10-22-14-26(6,31-20(5)29)16-27(32-22)13-21(15-28)23-12-24(30)19(4)11-25(23)33-27/h10-11,13,22-23,25,28H,1,7-9,12,14-16H2,2-6H3/b18-10+. The number of Topliss-reactive ketones (excluding diaryl/α,β-unsaturated/α-hetero) is 1. The van der Waals surface area contributed by atoms with Gasteiger partial charge in [0, 0.05) is 32.1 Å². The number of hydrogen-bond acceptors (Lipinski definition) is 6. The Morgan fingerprint density at radius 1 is 1.30 bits per heavy atom. The van der Waals surface area contributed by atoms with Crippen LogP contribution in [-0.2, 0) is 23.8 Å². The van der Waals surface area contributed by atoms with Crippen LogP contribution in [0.5, 0.6) is 0 Å². The van der Waals surface area contributed by atoms with Crippen LogP contribution >= 0.6 is 0 Å². The van der Waals surface area contributed by atoms with Crippen LogP contribution in [0.3, 0.4) is 0 Å². The smallest absolute Gasteiger partial charge is 0.303 e. The van der Waals surface area contributed by atoms with Gasteiger partial charge in [-0.05, 0) is 70.3 Å². The summed E-state index contributed by atoms with van der Waals surface area (Å²) in [5.74, 6) is -1.65. The van der Waals surface area contributed by atoms with E-state index in [1.54, 1.807) is 6.92 Å². The van der Waals surface area contributed by atoms with Crippen LogP contribution in [0, 0.1) is 5.92 Å². The van der Waals surface area contributed by atoms with Crippen molar-refractivity contribution >= 4 is 11.8 Å². The van der Waals surface area contributed by atoms with Gasteiger partial charge in [0.25, 0.3) is 0 Å². The van der Waals surface area contributed by atoms with E-state index in [-0.39, 0.29) is 36.5 Å². The predicted molar refractivity (Wildman–Crippen MR) is 126 cm³/mol. The number of hydrogen-bond donors (Lipinski definition) is 1. The Hall–Kier alpha value is -2.02. The van der Waals surface area contributed by atoms with Crippen LogP contribution in [0.1, 0.15) is 73.1 Å². The summed E-state index contributed by atoms with van der Waals surface area (Å²) in [6.07, 6.45) is 9.09. The van der Waals surface area contributed by atoms with Gasteiger partial charge < -0.3 is 19.3 Å². The molecule has 3 aliphatic rings. The molecule has 1 aliphatic carbocycles. The molecule has 0 aromatic heterocycles. The monoisotopic (exact) mass is 458 g/mol. The third kappa shape index (κ3) is 6.31. The highest BCUT2D eigenvalue weighted by molar-refractivity contribution is 5.96. The van der Waals surface area contributed by atoms with Crippen molar-refractivity contribution in [3.05, 3.63) is 47.1 Å². The fourth-order valence-electron chi connectivity index (χ4n) is 5.31. The molecular weight excluding hydrogens is 420 g/mol. The highest BCUT2D eigenvalue weighted by Gasteiger charge is 2.53. The lowest BCUT2D eigenvalue weighted by Crippen LogP contribution is -2.57. The van der Waals surface area contributed by atoms with E-state index in [1.807, 2.05) is 26.0 Å². The number of aliphatic hydroxyl groups excluding tert-OH is 1. The number of aliphatic hydroxyl groups is 1. The summed E-state index contributed by atoms with van der Waals surface area (Å²) in [5.41, 5.74) is 2.96. The van der Waals surface area contributed by atoms with Crippen LogP contribution in [-0.4, -0.2) is 47.1 Å². The molecule has 0 aromatic carbocycles. The molecule has 5 unspecified atom stereocenters. The number of fused-ring (bicyclic) bond motifs is 1. The summed E-state index contributed by atoms with van der Waals surface area (Å²) < 4.78 is 18.8. The van der Waals surface area contributed by atoms with Crippen molar-refractivity contribution in [3.63, 3.8) is 0 Å². The van der Waals surface area contributed by atoms with Crippen molar-refractivity contribution in [2.75, 3.05) is 6.61 Å². The number of ketones is 1. The second-order valence-electron chi connectivity index (χ2n) is 10.3. The molecule has 0 bridgehead atoms. The Kier molecular flexibility index (Phi) is 7.82. The molecule has 1 fully saturated rings. The molecule has 0 aromatic rings. The zero-order valence-corrected chi connectivity index (χ0v) is 20.6. The van der Waals surface area contributed by atoms with Crippen LogP contribution in [0.15, 0.2) is 47.1 Å². The summed E-state index contributed by atoms with van der Waals surface area (Å²) in [5, 5.41) is 10.1. The second kappa shape index (κ2) is 10.1. The summed E-state index contributed by atoms with van der Waals surface area (Å²) in [6.45, 7) is 13.0. The van der Waals surface area contributed by atoms with Crippen molar-refractivity contribution in [3.8, 4) is 0 Å². The Labute approximate surface area is 197 Å². The normalized spacial score (nSPS) is 34.4. The van der Waals surface area contributed by atoms with Gasteiger partial charge in [0.05, 0.1) is 18.8 Å². The average molecular weight is 459 g/mol. The van der Waals surface area contributed by atoms with E-state index in [0.29, 0.717) is 24.8 Å². The maximum Gasteiger partial charge on any atom is 0.303 e.